The lowest BCUT2D eigenvalue weighted by atomic mass is 10.2. The number of halogens is 2. The molecule has 0 fully saturated rings. The highest BCUT2D eigenvalue weighted by Crippen LogP contribution is 2.28. The molecular formula is C13H15Cl2N3O. The van der Waals surface area contributed by atoms with Gasteiger partial charge in [-0.05, 0) is 19.1 Å². The van der Waals surface area contributed by atoms with Crippen LogP contribution in [-0.2, 0) is 11.2 Å². The van der Waals surface area contributed by atoms with Crippen LogP contribution in [0.1, 0.15) is 25.2 Å². The van der Waals surface area contributed by atoms with Crippen molar-refractivity contribution in [1.82, 2.24) is 9.55 Å². The molecule has 2 aromatic rings. The number of aryl methyl sites for hydroxylation is 1. The molecule has 0 aliphatic carbocycles. The second kappa shape index (κ2) is 5.80. The molecule has 0 aliphatic heterocycles. The van der Waals surface area contributed by atoms with Gasteiger partial charge >= 0.3 is 0 Å². The number of nitrogens with zero attached hydrogens (tertiary/aromatic N) is 2. The Morgan fingerprint density at radius 1 is 1.53 bits per heavy atom. The zero-order valence-electron chi connectivity index (χ0n) is 10.6. The SMILES string of the molecule is CC(CC(N)=O)n1c(CCCl)nc2c(Cl)cccc21. The van der Waals surface area contributed by atoms with Gasteiger partial charge in [-0.3, -0.25) is 4.79 Å². The van der Waals surface area contributed by atoms with Crippen molar-refractivity contribution >= 4 is 40.1 Å². The number of alkyl halides is 1. The Hall–Kier alpha value is -1.26. The van der Waals surface area contributed by atoms with Gasteiger partial charge in [0.05, 0.1) is 10.5 Å². The summed E-state index contributed by atoms with van der Waals surface area (Å²) in [5.41, 5.74) is 6.91. The molecule has 0 radical (unpaired) electrons. The van der Waals surface area contributed by atoms with E-state index in [0.717, 1.165) is 16.9 Å². The third-order valence-corrected chi connectivity index (χ3v) is 3.49. The fraction of sp³-hybridized carbons (Fsp3) is 0.385. The van der Waals surface area contributed by atoms with E-state index in [0.29, 0.717) is 17.3 Å². The smallest absolute Gasteiger partial charge is 0.219 e. The predicted molar refractivity (Wildman–Crippen MR) is 77.7 cm³/mol. The van der Waals surface area contributed by atoms with Crippen LogP contribution in [0.3, 0.4) is 0 Å². The molecule has 2 rings (SSSR count). The highest BCUT2D eigenvalue weighted by Gasteiger charge is 2.18. The maximum absolute atomic E-state index is 11.1. The number of primary amides is 1. The molecule has 1 heterocycles. The topological polar surface area (TPSA) is 60.9 Å². The molecule has 1 atom stereocenters. The van der Waals surface area contributed by atoms with Crippen molar-refractivity contribution in [3.63, 3.8) is 0 Å². The molecule has 6 heteroatoms. The second-order valence-corrected chi connectivity index (χ2v) is 5.25. The van der Waals surface area contributed by atoms with E-state index in [4.69, 9.17) is 28.9 Å². The first-order chi connectivity index (χ1) is 9.04. The van der Waals surface area contributed by atoms with E-state index < -0.39 is 0 Å². The number of hydrogen-bond acceptors (Lipinski definition) is 2. The Bertz CT molecular complexity index is 609. The van der Waals surface area contributed by atoms with Gasteiger partial charge in [0, 0.05) is 24.8 Å². The third kappa shape index (κ3) is 2.85. The summed E-state index contributed by atoms with van der Waals surface area (Å²) in [5, 5.41) is 0.596. The number of para-hydroxylation sites is 1. The largest absolute Gasteiger partial charge is 0.370 e. The summed E-state index contributed by atoms with van der Waals surface area (Å²) in [6, 6.07) is 5.53. The lowest BCUT2D eigenvalue weighted by molar-refractivity contribution is -0.118. The number of imidazole rings is 1. The minimum absolute atomic E-state index is 0.0702. The van der Waals surface area contributed by atoms with Crippen LogP contribution >= 0.6 is 23.2 Å². The third-order valence-electron chi connectivity index (χ3n) is 3.00. The Kier molecular flexibility index (Phi) is 4.32. The second-order valence-electron chi connectivity index (χ2n) is 4.46. The van der Waals surface area contributed by atoms with Crippen LogP contribution in [-0.4, -0.2) is 21.3 Å². The van der Waals surface area contributed by atoms with Crippen molar-refractivity contribution in [2.24, 2.45) is 5.73 Å². The van der Waals surface area contributed by atoms with Crippen LogP contribution in [0.15, 0.2) is 18.2 Å². The fourth-order valence-electron chi connectivity index (χ4n) is 2.27. The molecule has 2 N–H and O–H groups in total. The zero-order valence-corrected chi connectivity index (χ0v) is 12.1. The monoisotopic (exact) mass is 299 g/mol. The Morgan fingerprint density at radius 3 is 2.89 bits per heavy atom. The van der Waals surface area contributed by atoms with Gasteiger partial charge < -0.3 is 10.3 Å². The summed E-state index contributed by atoms with van der Waals surface area (Å²) < 4.78 is 1.99. The summed E-state index contributed by atoms with van der Waals surface area (Å²) in [7, 11) is 0. The van der Waals surface area contributed by atoms with Crippen molar-refractivity contribution in [1.29, 1.82) is 0 Å². The number of carbonyl (C=O) groups excluding carboxylic acids is 1. The molecule has 1 aromatic carbocycles. The van der Waals surface area contributed by atoms with Gasteiger partial charge in [0.15, 0.2) is 0 Å². The number of fused-ring (bicyclic) bond motifs is 1. The maximum atomic E-state index is 11.1. The zero-order chi connectivity index (χ0) is 14.0. The maximum Gasteiger partial charge on any atom is 0.219 e. The summed E-state index contributed by atoms with van der Waals surface area (Å²) in [5.74, 6) is 0.949. The lowest BCUT2D eigenvalue weighted by Crippen LogP contribution is -2.19. The molecule has 19 heavy (non-hydrogen) atoms. The fourth-order valence-corrected chi connectivity index (χ4v) is 2.65. The quantitative estimate of drug-likeness (QED) is 0.863. The molecule has 4 nitrogen and oxygen atoms in total. The molecule has 1 amide bonds. The van der Waals surface area contributed by atoms with Crippen LogP contribution in [0.4, 0.5) is 0 Å². The molecule has 0 aliphatic rings. The highest BCUT2D eigenvalue weighted by molar-refractivity contribution is 6.34. The van der Waals surface area contributed by atoms with Gasteiger partial charge in [-0.2, -0.15) is 0 Å². The van der Waals surface area contributed by atoms with Crippen LogP contribution in [0.5, 0.6) is 0 Å². The first-order valence-electron chi connectivity index (χ1n) is 6.04. The first kappa shape index (κ1) is 14.2. The van der Waals surface area contributed by atoms with Crippen molar-refractivity contribution < 1.29 is 4.79 Å². The summed E-state index contributed by atoms with van der Waals surface area (Å²) >= 11 is 12.0. The summed E-state index contributed by atoms with van der Waals surface area (Å²) in [6.07, 6.45) is 0.878. The van der Waals surface area contributed by atoms with E-state index in [1.807, 2.05) is 23.6 Å². The number of carbonyl (C=O) groups is 1. The van der Waals surface area contributed by atoms with Crippen molar-refractivity contribution in [2.75, 3.05) is 5.88 Å². The van der Waals surface area contributed by atoms with Gasteiger partial charge in [-0.1, -0.05) is 17.7 Å². The molecule has 1 unspecified atom stereocenters. The minimum atomic E-state index is -0.340. The van der Waals surface area contributed by atoms with E-state index in [1.54, 1.807) is 6.07 Å². The number of amides is 1. The number of hydrogen-bond donors (Lipinski definition) is 1. The summed E-state index contributed by atoms with van der Waals surface area (Å²) in [4.78, 5) is 15.6. The Morgan fingerprint density at radius 2 is 2.26 bits per heavy atom. The number of rotatable bonds is 5. The van der Waals surface area contributed by atoms with Gasteiger partial charge in [0.25, 0.3) is 0 Å². The predicted octanol–water partition coefficient (Wildman–Crippen LogP) is 2.91. The van der Waals surface area contributed by atoms with E-state index in [-0.39, 0.29) is 18.4 Å². The van der Waals surface area contributed by atoms with Gasteiger partial charge in [-0.15, -0.1) is 11.6 Å². The van der Waals surface area contributed by atoms with Crippen LogP contribution < -0.4 is 5.73 Å². The van der Waals surface area contributed by atoms with Crippen molar-refractivity contribution in [3.8, 4) is 0 Å². The molecule has 1 aromatic heterocycles. The average Bonchev–Trinajstić information content (AvgIpc) is 2.68. The number of nitrogens with two attached hydrogens (primary N) is 1. The molecule has 0 saturated carbocycles. The molecule has 102 valence electrons. The molecule has 0 spiro atoms. The normalized spacial score (nSPS) is 12.8. The van der Waals surface area contributed by atoms with Crippen molar-refractivity contribution in [2.45, 2.75) is 25.8 Å². The number of aromatic nitrogens is 2. The van der Waals surface area contributed by atoms with E-state index in [1.165, 1.54) is 0 Å². The van der Waals surface area contributed by atoms with Crippen molar-refractivity contribution in [3.05, 3.63) is 29.0 Å². The van der Waals surface area contributed by atoms with E-state index in [9.17, 15) is 4.79 Å². The Labute approximate surface area is 121 Å². The standard InChI is InChI=1S/C13H15Cl2N3O/c1-8(7-11(16)19)18-10-4-2-3-9(15)13(10)17-12(18)5-6-14/h2-4,8H,5-7H2,1H3,(H2,16,19). The molecular weight excluding hydrogens is 285 g/mol. The number of benzene rings is 1. The first-order valence-corrected chi connectivity index (χ1v) is 6.95. The highest BCUT2D eigenvalue weighted by atomic mass is 35.5. The van der Waals surface area contributed by atoms with Crippen LogP contribution in [0, 0.1) is 0 Å². The molecule has 0 saturated heterocycles. The average molecular weight is 300 g/mol. The molecule has 0 bridgehead atoms. The lowest BCUT2D eigenvalue weighted by Gasteiger charge is -2.15. The Balaban J connectivity index is 2.58. The van der Waals surface area contributed by atoms with E-state index in [2.05, 4.69) is 4.98 Å². The van der Waals surface area contributed by atoms with Gasteiger partial charge in [-0.25, -0.2) is 4.98 Å². The van der Waals surface area contributed by atoms with E-state index >= 15 is 0 Å². The van der Waals surface area contributed by atoms with Gasteiger partial charge in [0.2, 0.25) is 5.91 Å². The minimum Gasteiger partial charge on any atom is -0.370 e. The van der Waals surface area contributed by atoms with Crippen LogP contribution in [0.2, 0.25) is 5.02 Å². The van der Waals surface area contributed by atoms with Crippen LogP contribution in [0.25, 0.3) is 11.0 Å². The summed E-state index contributed by atoms with van der Waals surface area (Å²) in [6.45, 7) is 1.94. The van der Waals surface area contributed by atoms with Gasteiger partial charge in [0.1, 0.15) is 11.3 Å².